The number of nitrogens with one attached hydrogen (secondary N) is 3. The minimum Gasteiger partial charge on any atom is -0.345 e. The van der Waals surface area contributed by atoms with Gasteiger partial charge in [0.25, 0.3) is 0 Å². The molecule has 4 amide bonds. The fraction of sp³-hybridized carbons (Fsp3) is 0.438. The number of carbonyl (C=O) groups is 4. The van der Waals surface area contributed by atoms with Crippen molar-refractivity contribution in [3.63, 3.8) is 0 Å². The van der Waals surface area contributed by atoms with Gasteiger partial charge in [-0.05, 0) is 56.0 Å². The van der Waals surface area contributed by atoms with Gasteiger partial charge in [-0.2, -0.15) is 0 Å². The van der Waals surface area contributed by atoms with E-state index in [1.807, 2.05) is 70.2 Å². The van der Waals surface area contributed by atoms with Crippen molar-refractivity contribution in [3.8, 4) is 0 Å². The molecule has 226 valence electrons. The lowest BCUT2D eigenvalue weighted by atomic mass is 9.86. The van der Waals surface area contributed by atoms with Crippen molar-refractivity contribution in [3.05, 3.63) is 82.6 Å². The highest BCUT2D eigenvalue weighted by atomic mass is 35.5. The number of amides is 4. The first kappa shape index (κ1) is 32.8. The van der Waals surface area contributed by atoms with E-state index < -0.39 is 35.4 Å². The molecular weight excluding hydrogens is 554 g/mol. The Hall–Kier alpha value is -3.69. The van der Waals surface area contributed by atoms with Crippen molar-refractivity contribution < 1.29 is 19.2 Å². The first-order chi connectivity index (χ1) is 19.8. The molecule has 9 nitrogen and oxygen atoms in total. The zero-order valence-electron chi connectivity index (χ0n) is 25.2. The summed E-state index contributed by atoms with van der Waals surface area (Å²) >= 11 is 6.12. The van der Waals surface area contributed by atoms with E-state index in [2.05, 4.69) is 16.0 Å². The summed E-state index contributed by atoms with van der Waals surface area (Å²) in [4.78, 5) is 55.8. The van der Waals surface area contributed by atoms with Crippen molar-refractivity contribution in [2.45, 2.75) is 65.6 Å². The highest BCUT2D eigenvalue weighted by molar-refractivity contribution is 6.30. The smallest absolute Gasteiger partial charge is 0.250 e. The summed E-state index contributed by atoms with van der Waals surface area (Å²) in [6.07, 6.45) is 4.13. The van der Waals surface area contributed by atoms with E-state index >= 15 is 0 Å². The molecule has 0 bridgehead atoms. The molecule has 2 aromatic carbocycles. The van der Waals surface area contributed by atoms with Crippen LogP contribution in [0, 0.1) is 12.3 Å². The SMILES string of the molecule is CN[C@@H](C)C(=O)N[C@H](C(=O)NCC(=O)N1C=CN(CCc2cccc(Cl)c2)C(=O)[C@@H]1Cc1ccc(C)cc1)C(C)(C)C. The minimum atomic E-state index is -0.863. The molecule has 42 heavy (non-hydrogen) atoms. The fourth-order valence-electron chi connectivity index (χ4n) is 4.59. The molecule has 1 aliphatic rings. The van der Waals surface area contributed by atoms with Crippen LogP contribution in [0.5, 0.6) is 0 Å². The summed E-state index contributed by atoms with van der Waals surface area (Å²) in [5.74, 6) is -1.43. The van der Waals surface area contributed by atoms with Crippen molar-refractivity contribution in [1.82, 2.24) is 25.8 Å². The largest absolute Gasteiger partial charge is 0.345 e. The molecule has 1 aliphatic heterocycles. The molecule has 0 unspecified atom stereocenters. The third-order valence-electron chi connectivity index (χ3n) is 7.33. The average Bonchev–Trinajstić information content (AvgIpc) is 2.94. The van der Waals surface area contributed by atoms with Crippen LogP contribution >= 0.6 is 11.6 Å². The molecular formula is C32H42ClN5O4. The van der Waals surface area contributed by atoms with E-state index in [-0.39, 0.29) is 18.4 Å². The zero-order valence-corrected chi connectivity index (χ0v) is 26.0. The fourth-order valence-corrected chi connectivity index (χ4v) is 4.80. The molecule has 3 N–H and O–H groups in total. The van der Waals surface area contributed by atoms with Crippen molar-refractivity contribution in [1.29, 1.82) is 0 Å². The highest BCUT2D eigenvalue weighted by Gasteiger charge is 2.37. The molecule has 2 aromatic rings. The number of nitrogens with zero attached hydrogens (tertiary/aromatic N) is 2. The molecule has 0 radical (unpaired) electrons. The maximum Gasteiger partial charge on any atom is 0.250 e. The van der Waals surface area contributed by atoms with Crippen LogP contribution < -0.4 is 16.0 Å². The number of halogens is 1. The summed E-state index contributed by atoms with van der Waals surface area (Å²) < 4.78 is 0. The van der Waals surface area contributed by atoms with Gasteiger partial charge in [-0.1, -0.05) is 74.3 Å². The Balaban J connectivity index is 1.76. The number of hydrogen-bond acceptors (Lipinski definition) is 5. The van der Waals surface area contributed by atoms with Crippen LogP contribution in [-0.4, -0.2) is 71.7 Å². The van der Waals surface area contributed by atoms with E-state index in [0.29, 0.717) is 24.4 Å². The van der Waals surface area contributed by atoms with Gasteiger partial charge in [-0.25, -0.2) is 0 Å². The molecule has 1 heterocycles. The van der Waals surface area contributed by atoms with Crippen LogP contribution in [-0.2, 0) is 32.0 Å². The Kier molecular flexibility index (Phi) is 11.3. The number of carbonyl (C=O) groups excluding carboxylic acids is 4. The summed E-state index contributed by atoms with van der Waals surface area (Å²) in [6, 6.07) is 13.2. The Morgan fingerprint density at radius 2 is 1.69 bits per heavy atom. The summed E-state index contributed by atoms with van der Waals surface area (Å²) in [7, 11) is 1.66. The van der Waals surface area contributed by atoms with E-state index in [1.165, 1.54) is 4.90 Å². The van der Waals surface area contributed by atoms with Crippen LogP contribution in [0.25, 0.3) is 0 Å². The number of likely N-dealkylation sites (N-methyl/N-ethyl adjacent to an activating group) is 1. The lowest BCUT2D eigenvalue weighted by Crippen LogP contribution is -2.58. The van der Waals surface area contributed by atoms with Crippen LogP contribution in [0.15, 0.2) is 60.9 Å². The first-order valence-corrected chi connectivity index (χ1v) is 14.5. The van der Waals surface area contributed by atoms with Crippen LogP contribution in [0.1, 0.15) is 44.4 Å². The summed E-state index contributed by atoms with van der Waals surface area (Å²) in [5, 5.41) is 8.95. The Bertz CT molecular complexity index is 1300. The maximum atomic E-state index is 13.7. The van der Waals surface area contributed by atoms with Gasteiger partial charge in [0.2, 0.25) is 23.6 Å². The van der Waals surface area contributed by atoms with Crippen LogP contribution in [0.3, 0.4) is 0 Å². The van der Waals surface area contributed by atoms with E-state index in [0.717, 1.165) is 16.7 Å². The number of hydrogen-bond donors (Lipinski definition) is 3. The molecule has 0 saturated carbocycles. The van der Waals surface area contributed by atoms with Crippen molar-refractivity contribution in [2.75, 3.05) is 20.1 Å². The number of benzene rings is 2. The predicted octanol–water partition coefficient (Wildman–Crippen LogP) is 3.20. The molecule has 0 aliphatic carbocycles. The standard InChI is InChI=1S/C32H42ClN5O4/c1-21-10-12-24(13-11-21)19-26-31(42)37(15-14-23-8-7-9-25(33)18-23)16-17-38(26)27(39)20-35-30(41)28(32(3,4)5)36-29(40)22(2)34-6/h7-13,16-18,22,26,28,34H,14-15,19-20H2,1-6H3,(H,35,41)(H,36,40)/t22-,26-,28+/m0/s1. The van der Waals surface area contributed by atoms with Gasteiger partial charge in [0, 0.05) is 30.4 Å². The molecule has 3 atom stereocenters. The van der Waals surface area contributed by atoms with Gasteiger partial charge in [0.15, 0.2) is 0 Å². The van der Waals surface area contributed by atoms with Gasteiger partial charge in [-0.3, -0.25) is 19.2 Å². The lowest BCUT2D eigenvalue weighted by Gasteiger charge is -2.36. The highest BCUT2D eigenvalue weighted by Crippen LogP contribution is 2.21. The van der Waals surface area contributed by atoms with Gasteiger partial charge >= 0.3 is 0 Å². The zero-order chi connectivity index (χ0) is 31.0. The maximum absolute atomic E-state index is 13.7. The van der Waals surface area contributed by atoms with E-state index in [1.54, 1.807) is 37.3 Å². The second-order valence-electron chi connectivity index (χ2n) is 11.8. The van der Waals surface area contributed by atoms with Gasteiger partial charge in [0.05, 0.1) is 12.6 Å². The van der Waals surface area contributed by atoms with Crippen LogP contribution in [0.4, 0.5) is 0 Å². The lowest BCUT2D eigenvalue weighted by molar-refractivity contribution is -0.143. The molecule has 0 spiro atoms. The Morgan fingerprint density at radius 1 is 1.00 bits per heavy atom. The summed E-state index contributed by atoms with van der Waals surface area (Å²) in [6.45, 7) is 9.30. The molecule has 0 fully saturated rings. The third-order valence-corrected chi connectivity index (χ3v) is 7.57. The van der Waals surface area contributed by atoms with E-state index in [4.69, 9.17) is 11.6 Å². The monoisotopic (exact) mass is 595 g/mol. The van der Waals surface area contributed by atoms with Gasteiger partial charge in [-0.15, -0.1) is 0 Å². The van der Waals surface area contributed by atoms with Crippen LogP contribution in [0.2, 0.25) is 5.02 Å². The van der Waals surface area contributed by atoms with Gasteiger partial charge in [0.1, 0.15) is 12.1 Å². The van der Waals surface area contributed by atoms with Crippen molar-refractivity contribution >= 4 is 35.2 Å². The Morgan fingerprint density at radius 3 is 2.31 bits per heavy atom. The predicted molar refractivity (Wildman–Crippen MR) is 164 cm³/mol. The quantitative estimate of drug-likeness (QED) is 0.370. The van der Waals surface area contributed by atoms with Gasteiger partial charge < -0.3 is 25.8 Å². The number of rotatable bonds is 11. The second-order valence-corrected chi connectivity index (χ2v) is 12.2. The molecule has 0 aromatic heterocycles. The van der Waals surface area contributed by atoms with Crippen molar-refractivity contribution in [2.24, 2.45) is 5.41 Å². The van der Waals surface area contributed by atoms with E-state index in [9.17, 15) is 19.2 Å². The second kappa shape index (κ2) is 14.5. The molecule has 3 rings (SSSR count). The first-order valence-electron chi connectivity index (χ1n) is 14.2. The summed E-state index contributed by atoms with van der Waals surface area (Å²) in [5.41, 5.74) is 2.41. The number of aryl methyl sites for hydroxylation is 1. The topological polar surface area (TPSA) is 111 Å². The molecule has 10 heteroatoms. The minimum absolute atomic E-state index is 0.208. The molecule has 0 saturated heterocycles. The third kappa shape index (κ3) is 8.90. The average molecular weight is 596 g/mol. The normalized spacial score (nSPS) is 16.6. The Labute approximate surface area is 253 Å².